The summed E-state index contributed by atoms with van der Waals surface area (Å²) >= 11 is 1.60. The predicted molar refractivity (Wildman–Crippen MR) is 61.0 cm³/mol. The molecule has 0 unspecified atom stereocenters. The Morgan fingerprint density at radius 2 is 2.38 bits per heavy atom. The first-order valence-corrected chi connectivity index (χ1v) is 5.68. The summed E-state index contributed by atoms with van der Waals surface area (Å²) in [6.07, 6.45) is 3.93. The molecule has 2 aromatic heterocycles. The topological polar surface area (TPSA) is 103 Å². The van der Waals surface area contributed by atoms with Gasteiger partial charge in [0.15, 0.2) is 5.65 Å². The maximum Gasteiger partial charge on any atom is 0.181 e. The fourth-order valence-electron chi connectivity index (χ4n) is 1.20. The third-order valence-electron chi connectivity index (χ3n) is 1.89. The van der Waals surface area contributed by atoms with Crippen LogP contribution >= 0.6 is 11.8 Å². The van der Waals surface area contributed by atoms with Crippen LogP contribution in [0.2, 0.25) is 0 Å². The van der Waals surface area contributed by atoms with Crippen LogP contribution < -0.4 is 0 Å². The molecule has 0 bridgehead atoms. The Morgan fingerprint density at radius 3 is 3.25 bits per heavy atom. The number of imidazole rings is 1. The van der Waals surface area contributed by atoms with Crippen LogP contribution in [0.4, 0.5) is 0 Å². The van der Waals surface area contributed by atoms with Crippen molar-refractivity contribution in [2.45, 2.75) is 11.4 Å². The zero-order chi connectivity index (χ0) is 11.2. The van der Waals surface area contributed by atoms with Crippen molar-refractivity contribution >= 4 is 22.9 Å². The van der Waals surface area contributed by atoms with Gasteiger partial charge in [0, 0.05) is 11.5 Å². The van der Waals surface area contributed by atoms with E-state index in [0.717, 1.165) is 22.7 Å². The molecule has 0 radical (unpaired) electrons. The number of thioether (sulfide) groups is 1. The normalized spacial score (nSPS) is 10.2. The lowest BCUT2D eigenvalue weighted by molar-refractivity contribution is 0.929. The molecule has 0 aliphatic carbocycles. The molecule has 2 heterocycles. The van der Waals surface area contributed by atoms with E-state index in [0.29, 0.717) is 12.2 Å². The van der Waals surface area contributed by atoms with Crippen LogP contribution in [0.5, 0.6) is 0 Å². The molecule has 0 spiro atoms. The van der Waals surface area contributed by atoms with Crippen LogP contribution in [0.25, 0.3) is 21.6 Å². The fourth-order valence-corrected chi connectivity index (χ4v) is 2.08. The summed E-state index contributed by atoms with van der Waals surface area (Å²) in [6, 6.07) is 0. The lowest BCUT2D eigenvalue weighted by Crippen LogP contribution is -1.89. The number of aromatic nitrogens is 4. The fraction of sp³-hybridized carbons (Fsp3) is 0.375. The van der Waals surface area contributed by atoms with Gasteiger partial charge in [-0.3, -0.25) is 0 Å². The zero-order valence-corrected chi connectivity index (χ0v) is 9.18. The molecule has 8 heteroatoms. The smallest absolute Gasteiger partial charge is 0.181 e. The minimum atomic E-state index is 0.515. The summed E-state index contributed by atoms with van der Waals surface area (Å²) in [5, 5.41) is 4.35. The highest BCUT2D eigenvalue weighted by Gasteiger charge is 2.05. The van der Waals surface area contributed by atoms with Crippen molar-refractivity contribution in [3.63, 3.8) is 0 Å². The first kappa shape index (κ1) is 10.7. The van der Waals surface area contributed by atoms with Gasteiger partial charge < -0.3 is 4.98 Å². The molecule has 2 aromatic rings. The zero-order valence-electron chi connectivity index (χ0n) is 8.37. The van der Waals surface area contributed by atoms with E-state index >= 15 is 0 Å². The average molecular weight is 235 g/mol. The SMILES string of the molecule is [N-]=[N+]=NCCCSc1ncnc2nc[nH]c12. The van der Waals surface area contributed by atoms with E-state index < -0.39 is 0 Å². The highest BCUT2D eigenvalue weighted by atomic mass is 32.2. The minimum Gasteiger partial charge on any atom is -0.341 e. The van der Waals surface area contributed by atoms with Gasteiger partial charge in [-0.15, -0.1) is 11.8 Å². The molecule has 7 nitrogen and oxygen atoms in total. The van der Waals surface area contributed by atoms with Crippen molar-refractivity contribution in [3.05, 3.63) is 23.1 Å². The van der Waals surface area contributed by atoms with Gasteiger partial charge in [-0.2, -0.15) is 0 Å². The maximum absolute atomic E-state index is 8.11. The van der Waals surface area contributed by atoms with Crippen molar-refractivity contribution in [2.75, 3.05) is 12.3 Å². The van der Waals surface area contributed by atoms with E-state index in [-0.39, 0.29) is 0 Å². The number of H-pyrrole nitrogens is 1. The molecule has 0 fully saturated rings. The summed E-state index contributed by atoms with van der Waals surface area (Å²) < 4.78 is 0. The van der Waals surface area contributed by atoms with Gasteiger partial charge >= 0.3 is 0 Å². The van der Waals surface area contributed by atoms with Crippen molar-refractivity contribution in [2.24, 2.45) is 5.11 Å². The third-order valence-corrected chi connectivity index (χ3v) is 2.97. The van der Waals surface area contributed by atoms with Crippen LogP contribution in [0.15, 0.2) is 22.8 Å². The molecular formula is C8H9N7S. The second-order valence-corrected chi connectivity index (χ2v) is 4.02. The Labute approximate surface area is 95.3 Å². The van der Waals surface area contributed by atoms with Gasteiger partial charge in [0.2, 0.25) is 0 Å². The van der Waals surface area contributed by atoms with Crippen molar-refractivity contribution in [3.8, 4) is 0 Å². The molecule has 0 aromatic carbocycles. The van der Waals surface area contributed by atoms with Crippen LogP contribution in [0.1, 0.15) is 6.42 Å². The average Bonchev–Trinajstić information content (AvgIpc) is 2.77. The van der Waals surface area contributed by atoms with E-state index in [1.54, 1.807) is 18.1 Å². The molecule has 16 heavy (non-hydrogen) atoms. The van der Waals surface area contributed by atoms with Gasteiger partial charge in [-0.1, -0.05) is 5.11 Å². The number of nitrogens with zero attached hydrogens (tertiary/aromatic N) is 6. The van der Waals surface area contributed by atoms with Crippen LogP contribution in [0.3, 0.4) is 0 Å². The largest absolute Gasteiger partial charge is 0.341 e. The summed E-state index contributed by atoms with van der Waals surface area (Å²) in [4.78, 5) is 17.9. The van der Waals surface area contributed by atoms with Gasteiger partial charge in [0.05, 0.1) is 6.33 Å². The highest BCUT2D eigenvalue weighted by molar-refractivity contribution is 7.99. The Hall–Kier alpha value is -1.79. The monoisotopic (exact) mass is 235 g/mol. The number of nitrogens with one attached hydrogen (secondary N) is 1. The van der Waals surface area contributed by atoms with Gasteiger partial charge in [0.1, 0.15) is 16.9 Å². The Kier molecular flexibility index (Phi) is 3.58. The van der Waals surface area contributed by atoms with Crippen LogP contribution in [0, 0.1) is 0 Å². The standard InChI is InChI=1S/C8H9N7S/c9-15-14-2-1-3-16-8-6-7(11-4-10-6)12-5-13-8/h4-5H,1-3H2,(H,10,11,12,13). The quantitative estimate of drug-likeness (QED) is 0.214. The van der Waals surface area contributed by atoms with E-state index in [1.165, 1.54) is 6.33 Å². The van der Waals surface area contributed by atoms with E-state index in [4.69, 9.17) is 5.53 Å². The molecule has 0 aliphatic rings. The number of hydrogen-bond donors (Lipinski definition) is 1. The molecule has 82 valence electrons. The van der Waals surface area contributed by atoms with E-state index in [9.17, 15) is 0 Å². The van der Waals surface area contributed by atoms with E-state index in [2.05, 4.69) is 30.0 Å². The van der Waals surface area contributed by atoms with Gasteiger partial charge in [-0.05, 0) is 17.7 Å². The minimum absolute atomic E-state index is 0.515. The second kappa shape index (κ2) is 5.34. The number of aromatic amines is 1. The Balaban J connectivity index is 1.98. The van der Waals surface area contributed by atoms with Gasteiger partial charge in [0.25, 0.3) is 0 Å². The second-order valence-electron chi connectivity index (χ2n) is 2.94. The van der Waals surface area contributed by atoms with Crippen molar-refractivity contribution in [1.29, 1.82) is 0 Å². The summed E-state index contributed by atoms with van der Waals surface area (Å²) in [5.74, 6) is 0.851. The van der Waals surface area contributed by atoms with Crippen molar-refractivity contribution in [1.82, 2.24) is 19.9 Å². The summed E-state index contributed by atoms with van der Waals surface area (Å²) in [7, 11) is 0. The highest BCUT2D eigenvalue weighted by Crippen LogP contribution is 2.22. The number of rotatable bonds is 5. The lowest BCUT2D eigenvalue weighted by Gasteiger charge is -1.99. The van der Waals surface area contributed by atoms with Crippen LogP contribution in [-0.4, -0.2) is 32.2 Å². The molecule has 0 aliphatic heterocycles. The van der Waals surface area contributed by atoms with Crippen molar-refractivity contribution < 1.29 is 0 Å². The van der Waals surface area contributed by atoms with Gasteiger partial charge in [-0.25, -0.2) is 15.0 Å². The molecular weight excluding hydrogens is 226 g/mol. The molecule has 2 rings (SSSR count). The number of hydrogen-bond acceptors (Lipinski definition) is 5. The van der Waals surface area contributed by atoms with E-state index in [1.807, 2.05) is 0 Å². The molecule has 0 amide bonds. The summed E-state index contributed by atoms with van der Waals surface area (Å²) in [5.41, 5.74) is 9.65. The number of fused-ring (bicyclic) bond motifs is 1. The molecule has 0 saturated carbocycles. The Bertz CT molecular complexity index is 516. The summed E-state index contributed by atoms with van der Waals surface area (Å²) in [6.45, 7) is 0.515. The van der Waals surface area contributed by atoms with Crippen LogP contribution in [-0.2, 0) is 0 Å². The first-order chi connectivity index (χ1) is 7.92. The Morgan fingerprint density at radius 1 is 1.44 bits per heavy atom. The first-order valence-electron chi connectivity index (χ1n) is 4.69. The molecule has 0 saturated heterocycles. The molecule has 0 atom stereocenters. The number of azide groups is 1. The maximum atomic E-state index is 8.11. The predicted octanol–water partition coefficient (Wildman–Crippen LogP) is 2.15. The molecule has 1 N–H and O–H groups in total. The lowest BCUT2D eigenvalue weighted by atomic mass is 10.5. The third kappa shape index (κ3) is 2.41.